The number of hydrogen-bond donors (Lipinski definition) is 2. The largest absolute Gasteiger partial charge is 0.338 e. The molecule has 1 heterocycles. The minimum absolute atomic E-state index is 0.0808. The van der Waals surface area contributed by atoms with Crippen molar-refractivity contribution in [2.45, 2.75) is 0 Å². The maximum absolute atomic E-state index is 13.3. The Morgan fingerprint density at radius 1 is 0.721 bits per heavy atom. The van der Waals surface area contributed by atoms with Crippen LogP contribution in [0, 0.1) is 0 Å². The minimum Gasteiger partial charge on any atom is -0.338 e. The quantitative estimate of drug-likeness (QED) is 0.140. The predicted octanol–water partition coefficient (Wildman–Crippen LogP) is 8.26. The monoisotopic (exact) mass is 581 g/mol. The lowest BCUT2D eigenvalue weighted by Crippen LogP contribution is -2.13. The molecule has 0 aliphatic carbocycles. The fourth-order valence-electron chi connectivity index (χ4n) is 4.71. The molecule has 0 aliphatic rings. The average Bonchev–Trinajstić information content (AvgIpc) is 3.48. The zero-order chi connectivity index (χ0) is 29.8. The van der Waals surface area contributed by atoms with Crippen molar-refractivity contribution in [3.05, 3.63) is 160 Å². The van der Waals surface area contributed by atoms with Gasteiger partial charge in [-0.3, -0.25) is 14.4 Å². The van der Waals surface area contributed by atoms with Gasteiger partial charge in [0.05, 0.1) is 16.6 Å². The van der Waals surface area contributed by atoms with Crippen molar-refractivity contribution in [2.24, 2.45) is 0 Å². The number of H-pyrrole nitrogens is 1. The number of nitrogens with zero attached hydrogens (tertiary/aromatic N) is 1. The summed E-state index contributed by atoms with van der Waals surface area (Å²) < 4.78 is 0. The van der Waals surface area contributed by atoms with Gasteiger partial charge < -0.3 is 10.3 Å². The molecule has 2 N–H and O–H groups in total. The Labute approximate surface area is 252 Å². The first-order valence-corrected chi connectivity index (χ1v) is 13.9. The van der Waals surface area contributed by atoms with Crippen LogP contribution in [0.4, 0.5) is 5.69 Å². The van der Waals surface area contributed by atoms with Gasteiger partial charge in [-0.1, -0.05) is 78.3 Å². The van der Waals surface area contributed by atoms with Crippen molar-refractivity contribution in [1.82, 2.24) is 9.97 Å². The Balaban J connectivity index is 1.19. The van der Waals surface area contributed by atoms with Crippen LogP contribution in [-0.4, -0.2) is 27.4 Å². The molecular formula is C36H24ClN3O3. The highest BCUT2D eigenvalue weighted by atomic mass is 35.5. The van der Waals surface area contributed by atoms with Gasteiger partial charge in [-0.05, 0) is 72.3 Å². The first-order valence-electron chi connectivity index (χ1n) is 13.5. The van der Waals surface area contributed by atoms with Gasteiger partial charge in [-0.2, -0.15) is 0 Å². The van der Waals surface area contributed by atoms with Crippen molar-refractivity contribution in [3.8, 4) is 11.4 Å². The van der Waals surface area contributed by atoms with Crippen LogP contribution in [0.5, 0.6) is 0 Å². The molecule has 43 heavy (non-hydrogen) atoms. The molecule has 208 valence electrons. The molecule has 5 aromatic carbocycles. The topological polar surface area (TPSA) is 91.9 Å². The summed E-state index contributed by atoms with van der Waals surface area (Å²) in [6.07, 6.45) is 3.15. The summed E-state index contributed by atoms with van der Waals surface area (Å²) >= 11 is 6.16. The second-order valence-corrected chi connectivity index (χ2v) is 10.2. The van der Waals surface area contributed by atoms with Crippen LogP contribution in [0.15, 0.2) is 127 Å². The lowest BCUT2D eigenvalue weighted by Gasteiger charge is -2.09. The van der Waals surface area contributed by atoms with Crippen LogP contribution >= 0.6 is 11.6 Å². The maximum atomic E-state index is 13.3. The number of nitrogens with one attached hydrogen (secondary N) is 2. The second kappa shape index (κ2) is 12.1. The molecule has 7 heteroatoms. The van der Waals surface area contributed by atoms with Gasteiger partial charge in [0.25, 0.3) is 5.91 Å². The van der Waals surface area contributed by atoms with E-state index in [0.717, 1.165) is 5.56 Å². The highest BCUT2D eigenvalue weighted by Crippen LogP contribution is 2.26. The number of carbonyl (C=O) groups excluding carboxylic acids is 3. The Morgan fingerprint density at radius 2 is 1.42 bits per heavy atom. The van der Waals surface area contributed by atoms with Gasteiger partial charge in [0.1, 0.15) is 5.82 Å². The van der Waals surface area contributed by atoms with E-state index < -0.39 is 0 Å². The summed E-state index contributed by atoms with van der Waals surface area (Å²) in [7, 11) is 0. The molecule has 0 aliphatic heterocycles. The van der Waals surface area contributed by atoms with Crippen LogP contribution in [0.3, 0.4) is 0 Å². The van der Waals surface area contributed by atoms with Gasteiger partial charge >= 0.3 is 0 Å². The van der Waals surface area contributed by atoms with Crippen LogP contribution in [-0.2, 0) is 0 Å². The molecule has 0 radical (unpaired) electrons. The molecule has 0 atom stereocenters. The van der Waals surface area contributed by atoms with Crippen molar-refractivity contribution in [2.75, 3.05) is 5.32 Å². The number of amides is 1. The summed E-state index contributed by atoms with van der Waals surface area (Å²) in [4.78, 5) is 46.9. The van der Waals surface area contributed by atoms with Crippen molar-refractivity contribution < 1.29 is 14.4 Å². The summed E-state index contributed by atoms with van der Waals surface area (Å²) in [6, 6.07) is 35.5. The molecule has 0 bridgehead atoms. The number of aromatic nitrogens is 2. The standard InChI is InChI=1S/C36H24ClN3O3/c37-30-13-7-4-8-23(30)17-21-33(41)24-14-18-27(19-15-24)38-36(43)29-12-6-5-11-28(29)35-39-31-20-16-26(22-32(31)40-35)34(42)25-9-2-1-3-10-25/h1-22H,(H,38,43)(H,39,40)/b21-17+. The number of hydrogen-bond acceptors (Lipinski definition) is 4. The fourth-order valence-corrected chi connectivity index (χ4v) is 4.91. The summed E-state index contributed by atoms with van der Waals surface area (Å²) in [5.41, 5.74) is 5.33. The molecular weight excluding hydrogens is 558 g/mol. The van der Waals surface area contributed by atoms with Gasteiger partial charge in [0.2, 0.25) is 0 Å². The Morgan fingerprint density at radius 3 is 2.21 bits per heavy atom. The van der Waals surface area contributed by atoms with E-state index in [1.54, 1.807) is 78.9 Å². The van der Waals surface area contributed by atoms with Crippen molar-refractivity contribution in [3.63, 3.8) is 0 Å². The highest BCUT2D eigenvalue weighted by molar-refractivity contribution is 6.32. The number of rotatable bonds is 8. The average molecular weight is 582 g/mol. The number of fused-ring (bicyclic) bond motifs is 1. The number of benzene rings is 5. The SMILES string of the molecule is O=C(/C=C/c1ccccc1Cl)c1ccc(NC(=O)c2ccccc2-c2nc3ccc(C(=O)c4ccccc4)cc3[nH]2)cc1. The fraction of sp³-hybridized carbons (Fsp3) is 0. The van der Waals surface area contributed by atoms with Gasteiger partial charge in [0.15, 0.2) is 11.6 Å². The van der Waals surface area contributed by atoms with E-state index in [4.69, 9.17) is 11.6 Å². The van der Waals surface area contributed by atoms with Crippen LogP contribution in [0.2, 0.25) is 5.02 Å². The number of carbonyl (C=O) groups is 3. The van der Waals surface area contributed by atoms with E-state index in [-0.39, 0.29) is 17.5 Å². The number of anilines is 1. The highest BCUT2D eigenvalue weighted by Gasteiger charge is 2.17. The predicted molar refractivity (Wildman–Crippen MR) is 171 cm³/mol. The first kappa shape index (κ1) is 27.6. The van der Waals surface area contributed by atoms with Gasteiger partial charge in [0, 0.05) is 33.0 Å². The van der Waals surface area contributed by atoms with E-state index in [1.165, 1.54) is 6.08 Å². The normalized spacial score (nSPS) is 11.1. The van der Waals surface area contributed by atoms with E-state index in [0.29, 0.717) is 55.4 Å². The molecule has 0 unspecified atom stereocenters. The Bertz CT molecular complexity index is 2010. The summed E-state index contributed by atoms with van der Waals surface area (Å²) in [6.45, 7) is 0. The molecule has 6 nitrogen and oxygen atoms in total. The zero-order valence-electron chi connectivity index (χ0n) is 22.8. The Hall–Kier alpha value is -5.59. The van der Waals surface area contributed by atoms with Crippen LogP contribution < -0.4 is 5.32 Å². The number of allylic oxidation sites excluding steroid dienone is 1. The molecule has 6 aromatic rings. The third-order valence-corrected chi connectivity index (χ3v) is 7.30. The van der Waals surface area contributed by atoms with Crippen molar-refractivity contribution >= 4 is 51.9 Å². The van der Waals surface area contributed by atoms with Gasteiger partial charge in [-0.15, -0.1) is 0 Å². The minimum atomic E-state index is -0.325. The molecule has 0 spiro atoms. The van der Waals surface area contributed by atoms with Crippen LogP contribution in [0.25, 0.3) is 28.5 Å². The lowest BCUT2D eigenvalue weighted by atomic mass is 10.0. The van der Waals surface area contributed by atoms with Crippen molar-refractivity contribution in [1.29, 1.82) is 0 Å². The van der Waals surface area contributed by atoms with Gasteiger partial charge in [-0.25, -0.2) is 4.98 Å². The third kappa shape index (κ3) is 6.05. The zero-order valence-corrected chi connectivity index (χ0v) is 23.5. The number of imidazole rings is 1. The first-order chi connectivity index (χ1) is 21.0. The molecule has 1 aromatic heterocycles. The molecule has 0 saturated carbocycles. The number of ketones is 2. The van der Waals surface area contributed by atoms with E-state index in [9.17, 15) is 14.4 Å². The number of aromatic amines is 1. The maximum Gasteiger partial charge on any atom is 0.256 e. The second-order valence-electron chi connectivity index (χ2n) is 9.81. The molecule has 0 saturated heterocycles. The molecule has 1 amide bonds. The van der Waals surface area contributed by atoms with Crippen LogP contribution in [0.1, 0.15) is 42.2 Å². The smallest absolute Gasteiger partial charge is 0.256 e. The summed E-state index contributed by atoms with van der Waals surface area (Å²) in [5.74, 6) is -0.0746. The summed E-state index contributed by atoms with van der Waals surface area (Å²) in [5, 5.41) is 3.47. The van der Waals surface area contributed by atoms with E-state index in [2.05, 4.69) is 15.3 Å². The lowest BCUT2D eigenvalue weighted by molar-refractivity contribution is 0.102. The van der Waals surface area contributed by atoms with E-state index in [1.807, 2.05) is 48.5 Å². The third-order valence-electron chi connectivity index (χ3n) is 6.95. The Kier molecular flexibility index (Phi) is 7.76. The number of halogens is 1. The van der Waals surface area contributed by atoms with E-state index >= 15 is 0 Å². The molecule has 6 rings (SSSR count). The molecule has 0 fully saturated rings.